The van der Waals surface area contributed by atoms with Crippen LogP contribution in [0.3, 0.4) is 0 Å². The number of amides is 1. The predicted molar refractivity (Wildman–Crippen MR) is 80.4 cm³/mol. The third-order valence-corrected chi connectivity index (χ3v) is 4.26. The van der Waals surface area contributed by atoms with E-state index >= 15 is 0 Å². The van der Waals surface area contributed by atoms with E-state index in [4.69, 9.17) is 5.73 Å². The highest BCUT2D eigenvalue weighted by atomic mass is 16.1. The second kappa shape index (κ2) is 6.22. The molecule has 5 heteroatoms. The van der Waals surface area contributed by atoms with Gasteiger partial charge in [0.25, 0.3) is 0 Å². The van der Waals surface area contributed by atoms with Gasteiger partial charge in [0, 0.05) is 18.6 Å². The van der Waals surface area contributed by atoms with Crippen molar-refractivity contribution in [3.63, 3.8) is 0 Å². The zero-order valence-electron chi connectivity index (χ0n) is 12.5. The molecule has 2 heterocycles. The number of aromatic nitrogens is 1. The van der Waals surface area contributed by atoms with E-state index in [0.29, 0.717) is 12.6 Å². The van der Waals surface area contributed by atoms with E-state index in [0.717, 1.165) is 24.2 Å². The molecule has 20 heavy (non-hydrogen) atoms. The van der Waals surface area contributed by atoms with Crippen LogP contribution in [0.1, 0.15) is 38.4 Å². The number of rotatable bonds is 4. The van der Waals surface area contributed by atoms with Gasteiger partial charge in [0.05, 0.1) is 23.5 Å². The maximum Gasteiger partial charge on any atom is 0.222 e. The van der Waals surface area contributed by atoms with E-state index in [1.54, 1.807) is 0 Å². The second-order valence-electron chi connectivity index (χ2n) is 5.63. The summed E-state index contributed by atoms with van der Waals surface area (Å²) >= 11 is 0. The fraction of sp³-hybridized carbons (Fsp3) is 0.600. The lowest BCUT2D eigenvalue weighted by Crippen LogP contribution is -2.46. The van der Waals surface area contributed by atoms with Crippen LogP contribution in [0.15, 0.2) is 18.3 Å². The van der Waals surface area contributed by atoms with Gasteiger partial charge in [-0.1, -0.05) is 0 Å². The molecule has 1 aliphatic rings. The number of hydrogen-bond acceptors (Lipinski definition) is 4. The molecule has 5 nitrogen and oxygen atoms in total. The molecule has 0 aliphatic carbocycles. The van der Waals surface area contributed by atoms with E-state index in [1.165, 1.54) is 0 Å². The molecule has 0 aromatic carbocycles. The molecular formula is C15H24N4O. The van der Waals surface area contributed by atoms with Gasteiger partial charge in [0.1, 0.15) is 0 Å². The van der Waals surface area contributed by atoms with Gasteiger partial charge in [-0.25, -0.2) is 0 Å². The summed E-state index contributed by atoms with van der Waals surface area (Å²) in [5, 5.41) is 3.17. The van der Waals surface area contributed by atoms with E-state index < -0.39 is 0 Å². The van der Waals surface area contributed by atoms with Crippen molar-refractivity contribution in [1.82, 2.24) is 10.3 Å². The van der Waals surface area contributed by atoms with Gasteiger partial charge in [-0.2, -0.15) is 0 Å². The van der Waals surface area contributed by atoms with Gasteiger partial charge in [-0.3, -0.25) is 9.78 Å². The number of anilines is 1. The molecule has 1 fully saturated rings. The fourth-order valence-corrected chi connectivity index (χ4v) is 2.67. The Hall–Kier alpha value is -1.62. The first-order chi connectivity index (χ1) is 9.52. The van der Waals surface area contributed by atoms with Crippen LogP contribution in [0.4, 0.5) is 5.69 Å². The molecule has 1 aliphatic heterocycles. The van der Waals surface area contributed by atoms with E-state index in [-0.39, 0.29) is 17.9 Å². The maximum atomic E-state index is 11.4. The van der Waals surface area contributed by atoms with E-state index in [1.807, 2.05) is 19.3 Å². The number of pyridine rings is 1. The van der Waals surface area contributed by atoms with Crippen molar-refractivity contribution < 1.29 is 4.79 Å². The Labute approximate surface area is 120 Å². The lowest BCUT2D eigenvalue weighted by Gasteiger charge is -2.38. The highest BCUT2D eigenvalue weighted by Crippen LogP contribution is 2.27. The summed E-state index contributed by atoms with van der Waals surface area (Å²) in [4.78, 5) is 18.1. The molecule has 1 aromatic heterocycles. The van der Waals surface area contributed by atoms with Gasteiger partial charge in [-0.05, 0) is 45.9 Å². The smallest absolute Gasteiger partial charge is 0.222 e. The Kier molecular flexibility index (Phi) is 4.60. The molecule has 3 N–H and O–H groups in total. The van der Waals surface area contributed by atoms with Crippen molar-refractivity contribution >= 4 is 11.6 Å². The summed E-state index contributed by atoms with van der Waals surface area (Å²) in [6, 6.07) is 4.77. The number of piperidine rings is 1. The van der Waals surface area contributed by atoms with E-state index in [9.17, 15) is 4.79 Å². The minimum absolute atomic E-state index is 0.0536. The molecule has 2 rings (SSSR count). The average Bonchev–Trinajstić information content (AvgIpc) is 2.47. The van der Waals surface area contributed by atoms with Gasteiger partial charge in [0.2, 0.25) is 5.91 Å². The van der Waals surface area contributed by atoms with Crippen LogP contribution in [0.5, 0.6) is 0 Å². The minimum atomic E-state index is -0.199. The summed E-state index contributed by atoms with van der Waals surface area (Å²) in [6.45, 7) is 4.95. The van der Waals surface area contributed by atoms with Crippen molar-refractivity contribution in [2.45, 2.75) is 38.8 Å². The summed E-state index contributed by atoms with van der Waals surface area (Å²) < 4.78 is 0. The van der Waals surface area contributed by atoms with Crippen molar-refractivity contribution in [2.24, 2.45) is 11.7 Å². The Bertz CT molecular complexity index is 459. The largest absolute Gasteiger partial charge is 0.369 e. The second-order valence-corrected chi connectivity index (χ2v) is 5.63. The van der Waals surface area contributed by atoms with Crippen LogP contribution in [-0.2, 0) is 4.79 Å². The topological polar surface area (TPSA) is 71.2 Å². The van der Waals surface area contributed by atoms with Gasteiger partial charge < -0.3 is 16.0 Å². The number of primary amides is 1. The van der Waals surface area contributed by atoms with Gasteiger partial charge in [-0.15, -0.1) is 0 Å². The first-order valence-corrected chi connectivity index (χ1v) is 7.22. The Balaban J connectivity index is 2.14. The predicted octanol–water partition coefficient (Wildman–Crippen LogP) is 1.45. The Morgan fingerprint density at radius 1 is 1.50 bits per heavy atom. The Morgan fingerprint density at radius 3 is 2.80 bits per heavy atom. The van der Waals surface area contributed by atoms with Crippen molar-refractivity contribution in [1.29, 1.82) is 0 Å². The quantitative estimate of drug-likeness (QED) is 0.873. The van der Waals surface area contributed by atoms with Crippen molar-refractivity contribution in [3.05, 3.63) is 24.0 Å². The molecule has 0 radical (unpaired) electrons. The lowest BCUT2D eigenvalue weighted by atomic mass is 9.92. The van der Waals surface area contributed by atoms with E-state index in [2.05, 4.69) is 35.1 Å². The first kappa shape index (κ1) is 14.8. The molecule has 3 unspecified atom stereocenters. The summed E-state index contributed by atoms with van der Waals surface area (Å²) in [5.74, 6) is -0.252. The average molecular weight is 276 g/mol. The zero-order chi connectivity index (χ0) is 14.7. The number of hydrogen-bond donors (Lipinski definition) is 2. The molecule has 3 atom stereocenters. The van der Waals surface area contributed by atoms with Crippen LogP contribution in [0, 0.1) is 5.92 Å². The zero-order valence-corrected chi connectivity index (χ0v) is 12.5. The lowest BCUT2D eigenvalue weighted by molar-refractivity contribution is -0.122. The van der Waals surface area contributed by atoms with Crippen LogP contribution >= 0.6 is 0 Å². The van der Waals surface area contributed by atoms with Gasteiger partial charge >= 0.3 is 0 Å². The standard InChI is InChI=1S/C15H24N4O/c1-10-4-5-12(15(16)20)9-19(10)13-6-7-14(18-8-13)11(2)17-3/h6-8,10-12,17H,4-5,9H2,1-3H3,(H2,16,20). The number of nitrogens with one attached hydrogen (secondary N) is 1. The third-order valence-electron chi connectivity index (χ3n) is 4.26. The minimum Gasteiger partial charge on any atom is -0.369 e. The highest BCUT2D eigenvalue weighted by molar-refractivity contribution is 5.77. The number of nitrogens with zero attached hydrogens (tertiary/aromatic N) is 2. The molecule has 1 saturated heterocycles. The van der Waals surface area contributed by atoms with Crippen LogP contribution in [0.25, 0.3) is 0 Å². The number of nitrogens with two attached hydrogens (primary N) is 1. The molecule has 0 saturated carbocycles. The third kappa shape index (κ3) is 3.10. The summed E-state index contributed by atoms with van der Waals surface area (Å²) in [6.07, 6.45) is 3.76. The van der Waals surface area contributed by atoms with Crippen LogP contribution < -0.4 is 16.0 Å². The number of carbonyl (C=O) groups excluding carboxylic acids is 1. The SMILES string of the molecule is CNC(C)c1ccc(N2CC(C(N)=O)CCC2C)cn1. The van der Waals surface area contributed by atoms with Gasteiger partial charge in [0.15, 0.2) is 0 Å². The first-order valence-electron chi connectivity index (χ1n) is 7.22. The molecule has 1 amide bonds. The molecule has 0 spiro atoms. The summed E-state index contributed by atoms with van der Waals surface area (Å²) in [5.41, 5.74) is 7.53. The van der Waals surface area contributed by atoms with Crippen molar-refractivity contribution in [3.8, 4) is 0 Å². The van der Waals surface area contributed by atoms with Crippen molar-refractivity contribution in [2.75, 3.05) is 18.5 Å². The molecule has 0 bridgehead atoms. The number of carbonyl (C=O) groups is 1. The monoisotopic (exact) mass is 276 g/mol. The van der Waals surface area contributed by atoms with Crippen LogP contribution in [-0.4, -0.2) is 30.5 Å². The highest BCUT2D eigenvalue weighted by Gasteiger charge is 2.28. The van der Waals surface area contributed by atoms with Crippen LogP contribution in [0.2, 0.25) is 0 Å². The fourth-order valence-electron chi connectivity index (χ4n) is 2.67. The molecular weight excluding hydrogens is 252 g/mol. The maximum absolute atomic E-state index is 11.4. The molecule has 110 valence electrons. The summed E-state index contributed by atoms with van der Waals surface area (Å²) in [7, 11) is 1.92. The molecule has 1 aromatic rings. The Morgan fingerprint density at radius 2 is 2.25 bits per heavy atom. The normalized spacial score (nSPS) is 24.4.